The summed E-state index contributed by atoms with van der Waals surface area (Å²) < 4.78 is 15.4. The van der Waals surface area contributed by atoms with Crippen molar-refractivity contribution in [3.05, 3.63) is 75.6 Å². The summed E-state index contributed by atoms with van der Waals surface area (Å²) in [7, 11) is 0. The third-order valence-electron chi connectivity index (χ3n) is 3.75. The molecule has 0 saturated carbocycles. The van der Waals surface area contributed by atoms with E-state index in [0.717, 1.165) is 5.56 Å². The van der Waals surface area contributed by atoms with E-state index in [1.807, 2.05) is 6.07 Å². The number of para-hydroxylation sites is 1. The normalized spacial score (nSPS) is 10.5. The Labute approximate surface area is 149 Å². The Balaban J connectivity index is 1.93. The molecule has 26 heavy (non-hydrogen) atoms. The van der Waals surface area contributed by atoms with Crippen molar-refractivity contribution in [2.45, 2.75) is 20.5 Å². The standard InChI is InChI=1S/C20H16O6/c1-12-5-3-4-6-17(12)25-19(22)16-10-15-9-14(11-24-13(2)21)7-8-18(15)26-20(16)23/h3-10H,11H2,1-2H3. The van der Waals surface area contributed by atoms with Crippen molar-refractivity contribution in [1.29, 1.82) is 0 Å². The van der Waals surface area contributed by atoms with Crippen LogP contribution in [0.4, 0.5) is 0 Å². The van der Waals surface area contributed by atoms with Gasteiger partial charge in [0, 0.05) is 12.3 Å². The number of fused-ring (bicyclic) bond motifs is 1. The number of aryl methyl sites for hydroxylation is 1. The topological polar surface area (TPSA) is 82.8 Å². The zero-order chi connectivity index (χ0) is 18.7. The Morgan fingerprint density at radius 1 is 1.08 bits per heavy atom. The highest BCUT2D eigenvalue weighted by molar-refractivity contribution is 5.94. The molecule has 1 heterocycles. The quantitative estimate of drug-likeness (QED) is 0.407. The summed E-state index contributed by atoms with van der Waals surface area (Å²) in [4.78, 5) is 35.4. The molecule has 0 aliphatic carbocycles. The van der Waals surface area contributed by atoms with Crippen LogP contribution in [0.5, 0.6) is 5.75 Å². The van der Waals surface area contributed by atoms with E-state index in [-0.39, 0.29) is 12.2 Å². The van der Waals surface area contributed by atoms with Crippen molar-refractivity contribution in [2.24, 2.45) is 0 Å². The van der Waals surface area contributed by atoms with E-state index >= 15 is 0 Å². The minimum Gasteiger partial charge on any atom is -0.461 e. The first-order valence-electron chi connectivity index (χ1n) is 7.92. The van der Waals surface area contributed by atoms with Crippen molar-refractivity contribution < 1.29 is 23.5 Å². The zero-order valence-electron chi connectivity index (χ0n) is 14.3. The lowest BCUT2D eigenvalue weighted by atomic mass is 10.1. The number of ether oxygens (including phenoxy) is 2. The second kappa shape index (κ2) is 7.23. The molecule has 0 saturated heterocycles. The molecule has 3 aromatic rings. The number of carbonyl (C=O) groups excluding carboxylic acids is 2. The van der Waals surface area contributed by atoms with Gasteiger partial charge in [-0.2, -0.15) is 0 Å². The van der Waals surface area contributed by atoms with Gasteiger partial charge in [-0.15, -0.1) is 0 Å². The summed E-state index contributed by atoms with van der Waals surface area (Å²) >= 11 is 0. The molecule has 0 atom stereocenters. The molecule has 0 bridgehead atoms. The summed E-state index contributed by atoms with van der Waals surface area (Å²) in [5.74, 6) is -0.812. The van der Waals surface area contributed by atoms with Crippen LogP contribution in [0, 0.1) is 6.92 Å². The number of esters is 2. The van der Waals surface area contributed by atoms with Gasteiger partial charge in [0.05, 0.1) is 0 Å². The van der Waals surface area contributed by atoms with E-state index in [1.54, 1.807) is 43.3 Å². The summed E-state index contributed by atoms with van der Waals surface area (Å²) in [6, 6.07) is 13.4. The Bertz CT molecular complexity index is 1050. The van der Waals surface area contributed by atoms with Gasteiger partial charge in [0.2, 0.25) is 0 Å². The average molecular weight is 352 g/mol. The number of carbonyl (C=O) groups is 2. The van der Waals surface area contributed by atoms with E-state index in [0.29, 0.717) is 22.3 Å². The first-order chi connectivity index (χ1) is 12.4. The zero-order valence-corrected chi connectivity index (χ0v) is 14.3. The van der Waals surface area contributed by atoms with Gasteiger partial charge >= 0.3 is 17.6 Å². The molecular formula is C20H16O6. The highest BCUT2D eigenvalue weighted by Gasteiger charge is 2.17. The number of rotatable bonds is 4. The third kappa shape index (κ3) is 3.80. The van der Waals surface area contributed by atoms with E-state index < -0.39 is 17.6 Å². The molecule has 0 N–H and O–H groups in total. The maximum absolute atomic E-state index is 12.4. The predicted molar refractivity (Wildman–Crippen MR) is 94.1 cm³/mol. The molecule has 0 amide bonds. The molecule has 0 aliphatic rings. The minimum absolute atomic E-state index is 0.0907. The van der Waals surface area contributed by atoms with Crippen molar-refractivity contribution in [3.8, 4) is 5.75 Å². The van der Waals surface area contributed by atoms with Gasteiger partial charge in [-0.25, -0.2) is 9.59 Å². The smallest absolute Gasteiger partial charge is 0.351 e. The third-order valence-corrected chi connectivity index (χ3v) is 3.75. The Kier molecular flexibility index (Phi) is 4.84. The summed E-state index contributed by atoms with van der Waals surface area (Å²) in [5.41, 5.74) is 0.831. The van der Waals surface area contributed by atoms with Crippen LogP contribution in [0.3, 0.4) is 0 Å². The summed E-state index contributed by atoms with van der Waals surface area (Å²) in [5, 5.41) is 0.533. The second-order valence-corrected chi connectivity index (χ2v) is 5.75. The van der Waals surface area contributed by atoms with E-state index in [4.69, 9.17) is 13.9 Å². The van der Waals surface area contributed by atoms with Gasteiger partial charge in [-0.3, -0.25) is 4.79 Å². The van der Waals surface area contributed by atoms with Crippen LogP contribution in [0.15, 0.2) is 57.7 Å². The van der Waals surface area contributed by atoms with Crippen LogP contribution >= 0.6 is 0 Å². The Morgan fingerprint density at radius 3 is 2.58 bits per heavy atom. The van der Waals surface area contributed by atoms with E-state index in [1.165, 1.54) is 13.0 Å². The van der Waals surface area contributed by atoms with Crippen molar-refractivity contribution in [1.82, 2.24) is 0 Å². The van der Waals surface area contributed by atoms with Gasteiger partial charge in [0.15, 0.2) is 0 Å². The Morgan fingerprint density at radius 2 is 1.85 bits per heavy atom. The van der Waals surface area contributed by atoms with Crippen LogP contribution in [-0.2, 0) is 16.1 Å². The summed E-state index contributed by atoms with van der Waals surface area (Å²) in [6.45, 7) is 3.21. The van der Waals surface area contributed by atoms with Crippen LogP contribution in [0.1, 0.15) is 28.4 Å². The van der Waals surface area contributed by atoms with Crippen molar-refractivity contribution in [3.63, 3.8) is 0 Å². The van der Waals surface area contributed by atoms with Crippen molar-refractivity contribution in [2.75, 3.05) is 0 Å². The highest BCUT2D eigenvalue weighted by Crippen LogP contribution is 2.20. The Hall–Kier alpha value is -3.41. The molecule has 2 aromatic carbocycles. The minimum atomic E-state index is -0.791. The molecule has 0 radical (unpaired) electrons. The molecule has 6 heteroatoms. The van der Waals surface area contributed by atoms with Crippen LogP contribution in [-0.4, -0.2) is 11.9 Å². The molecule has 0 unspecified atom stereocenters. The fraction of sp³-hybridized carbons (Fsp3) is 0.150. The molecule has 0 spiro atoms. The molecular weight excluding hydrogens is 336 g/mol. The lowest BCUT2D eigenvalue weighted by molar-refractivity contribution is -0.142. The molecule has 6 nitrogen and oxygen atoms in total. The van der Waals surface area contributed by atoms with Gasteiger partial charge in [0.1, 0.15) is 23.5 Å². The molecule has 1 aromatic heterocycles. The van der Waals surface area contributed by atoms with Crippen LogP contribution in [0.2, 0.25) is 0 Å². The van der Waals surface area contributed by atoms with Gasteiger partial charge < -0.3 is 13.9 Å². The van der Waals surface area contributed by atoms with Crippen molar-refractivity contribution >= 4 is 22.9 Å². The first-order valence-corrected chi connectivity index (χ1v) is 7.92. The summed E-state index contributed by atoms with van der Waals surface area (Å²) in [6.07, 6.45) is 0. The average Bonchev–Trinajstić information content (AvgIpc) is 2.61. The largest absolute Gasteiger partial charge is 0.461 e. The predicted octanol–water partition coefficient (Wildman–Crippen LogP) is 3.38. The maximum Gasteiger partial charge on any atom is 0.351 e. The molecule has 132 valence electrons. The molecule has 3 rings (SSSR count). The van der Waals surface area contributed by atoms with E-state index in [2.05, 4.69) is 0 Å². The monoisotopic (exact) mass is 352 g/mol. The van der Waals surface area contributed by atoms with E-state index in [9.17, 15) is 14.4 Å². The van der Waals surface area contributed by atoms with Gasteiger partial charge in [-0.1, -0.05) is 24.3 Å². The lowest BCUT2D eigenvalue weighted by Gasteiger charge is -2.07. The second-order valence-electron chi connectivity index (χ2n) is 5.75. The number of benzene rings is 2. The lowest BCUT2D eigenvalue weighted by Crippen LogP contribution is -2.19. The van der Waals surface area contributed by atoms with Crippen LogP contribution < -0.4 is 10.4 Å². The molecule has 0 aliphatic heterocycles. The first kappa shape index (κ1) is 17.4. The highest BCUT2D eigenvalue weighted by atomic mass is 16.5. The fourth-order valence-electron chi connectivity index (χ4n) is 2.42. The van der Waals surface area contributed by atoms with Gasteiger partial charge in [0.25, 0.3) is 0 Å². The maximum atomic E-state index is 12.4. The fourth-order valence-corrected chi connectivity index (χ4v) is 2.42. The molecule has 0 fully saturated rings. The van der Waals surface area contributed by atoms with Gasteiger partial charge in [-0.05, 0) is 42.3 Å². The SMILES string of the molecule is CC(=O)OCc1ccc2oc(=O)c(C(=O)Oc3ccccc3C)cc2c1. The number of hydrogen-bond donors (Lipinski definition) is 0. The van der Waals surface area contributed by atoms with Crippen LogP contribution in [0.25, 0.3) is 11.0 Å². The number of hydrogen-bond acceptors (Lipinski definition) is 6.